The SMILES string of the molecule is CC[C@H](C(=O)NC)N(CCc1ccccc1)C(=O)CN(c1cc(Cl)ccc1OC)S(=O)(=O)c1ccc(C)cc1. The summed E-state index contributed by atoms with van der Waals surface area (Å²) in [5.41, 5.74) is 2.00. The van der Waals surface area contributed by atoms with Gasteiger partial charge < -0.3 is 15.0 Å². The number of hydrogen-bond donors (Lipinski definition) is 1. The predicted molar refractivity (Wildman–Crippen MR) is 154 cm³/mol. The number of sulfonamides is 1. The molecule has 0 bridgehead atoms. The summed E-state index contributed by atoms with van der Waals surface area (Å²) in [4.78, 5) is 28.2. The average Bonchev–Trinajstić information content (AvgIpc) is 2.94. The van der Waals surface area contributed by atoms with Gasteiger partial charge in [0.2, 0.25) is 11.8 Å². The van der Waals surface area contributed by atoms with Crippen LogP contribution in [0, 0.1) is 6.92 Å². The molecule has 2 amide bonds. The Balaban J connectivity index is 2.07. The Morgan fingerprint density at radius 3 is 2.28 bits per heavy atom. The number of rotatable bonds is 12. The third-order valence-electron chi connectivity index (χ3n) is 6.41. The lowest BCUT2D eigenvalue weighted by atomic mass is 10.1. The monoisotopic (exact) mass is 571 g/mol. The highest BCUT2D eigenvalue weighted by molar-refractivity contribution is 7.92. The van der Waals surface area contributed by atoms with Gasteiger partial charge in [-0.15, -0.1) is 0 Å². The number of methoxy groups -OCH3 is 1. The Morgan fingerprint density at radius 1 is 1.03 bits per heavy atom. The van der Waals surface area contributed by atoms with Crippen molar-refractivity contribution < 1.29 is 22.7 Å². The molecule has 39 heavy (non-hydrogen) atoms. The summed E-state index contributed by atoms with van der Waals surface area (Å²) in [6.07, 6.45) is 0.844. The van der Waals surface area contributed by atoms with Crippen LogP contribution >= 0.6 is 11.6 Å². The summed E-state index contributed by atoms with van der Waals surface area (Å²) in [6, 6.07) is 19.7. The number of nitrogens with one attached hydrogen (secondary N) is 1. The first kappa shape index (κ1) is 30.0. The van der Waals surface area contributed by atoms with Crippen molar-refractivity contribution in [1.82, 2.24) is 10.2 Å². The number of ether oxygens (including phenoxy) is 1. The third kappa shape index (κ3) is 7.30. The molecule has 3 aromatic rings. The van der Waals surface area contributed by atoms with E-state index in [4.69, 9.17) is 16.3 Å². The first-order valence-corrected chi connectivity index (χ1v) is 14.4. The summed E-state index contributed by atoms with van der Waals surface area (Å²) in [7, 11) is -1.30. The molecule has 0 saturated heterocycles. The highest BCUT2D eigenvalue weighted by Gasteiger charge is 2.34. The zero-order chi connectivity index (χ0) is 28.6. The van der Waals surface area contributed by atoms with Crippen LogP contribution in [0.25, 0.3) is 0 Å². The maximum Gasteiger partial charge on any atom is 0.264 e. The number of benzene rings is 3. The van der Waals surface area contributed by atoms with E-state index in [0.29, 0.717) is 12.8 Å². The summed E-state index contributed by atoms with van der Waals surface area (Å²) in [5, 5.41) is 2.90. The van der Waals surface area contributed by atoms with Crippen LogP contribution in [0.15, 0.2) is 77.7 Å². The normalized spacial score (nSPS) is 11.9. The Bertz CT molecular complexity index is 1380. The van der Waals surface area contributed by atoms with Gasteiger partial charge in [0.25, 0.3) is 10.0 Å². The lowest BCUT2D eigenvalue weighted by molar-refractivity contribution is -0.139. The van der Waals surface area contributed by atoms with E-state index in [1.54, 1.807) is 24.3 Å². The Morgan fingerprint density at radius 2 is 1.69 bits per heavy atom. The largest absolute Gasteiger partial charge is 0.495 e. The quantitative estimate of drug-likeness (QED) is 0.346. The second-order valence-corrected chi connectivity index (χ2v) is 11.3. The molecule has 0 radical (unpaired) electrons. The molecule has 0 aliphatic heterocycles. The molecule has 0 fully saturated rings. The second-order valence-electron chi connectivity index (χ2n) is 9.00. The fourth-order valence-electron chi connectivity index (χ4n) is 4.27. The van der Waals surface area contributed by atoms with Gasteiger partial charge in [0.1, 0.15) is 18.3 Å². The summed E-state index contributed by atoms with van der Waals surface area (Å²) < 4.78 is 34.4. The van der Waals surface area contributed by atoms with Crippen LogP contribution in [-0.2, 0) is 26.0 Å². The van der Waals surface area contributed by atoms with E-state index < -0.39 is 28.5 Å². The van der Waals surface area contributed by atoms with Crippen molar-refractivity contribution in [2.75, 3.05) is 31.6 Å². The van der Waals surface area contributed by atoms with Gasteiger partial charge in [-0.3, -0.25) is 13.9 Å². The summed E-state index contributed by atoms with van der Waals surface area (Å²) in [5.74, 6) is -0.622. The van der Waals surface area contributed by atoms with Crippen LogP contribution in [0.4, 0.5) is 5.69 Å². The Labute approximate surface area is 235 Å². The molecule has 208 valence electrons. The van der Waals surface area contributed by atoms with Crippen LogP contribution in [0.2, 0.25) is 5.02 Å². The second kappa shape index (κ2) is 13.5. The molecule has 0 heterocycles. The minimum atomic E-state index is -4.23. The van der Waals surface area contributed by atoms with Crippen molar-refractivity contribution >= 4 is 39.1 Å². The van der Waals surface area contributed by atoms with E-state index in [2.05, 4.69) is 5.32 Å². The van der Waals surface area contributed by atoms with Crippen LogP contribution in [0.5, 0.6) is 5.75 Å². The zero-order valence-electron chi connectivity index (χ0n) is 22.6. The zero-order valence-corrected chi connectivity index (χ0v) is 24.1. The van der Waals surface area contributed by atoms with Crippen LogP contribution in [0.1, 0.15) is 24.5 Å². The van der Waals surface area contributed by atoms with Crippen LogP contribution in [-0.4, -0.2) is 58.4 Å². The number of aryl methyl sites for hydroxylation is 1. The smallest absolute Gasteiger partial charge is 0.264 e. The van der Waals surface area contributed by atoms with E-state index in [-0.39, 0.29) is 33.8 Å². The molecule has 0 unspecified atom stereocenters. The molecule has 0 aromatic heterocycles. The van der Waals surface area contributed by atoms with Gasteiger partial charge in [-0.05, 0) is 55.7 Å². The lowest BCUT2D eigenvalue weighted by Gasteiger charge is -2.33. The number of carbonyl (C=O) groups is 2. The Hall–Kier alpha value is -3.56. The molecule has 1 N–H and O–H groups in total. The van der Waals surface area contributed by atoms with E-state index >= 15 is 0 Å². The molecule has 10 heteroatoms. The number of nitrogens with zero attached hydrogens (tertiary/aromatic N) is 2. The van der Waals surface area contributed by atoms with Crippen molar-refractivity contribution in [3.05, 3.63) is 88.9 Å². The highest BCUT2D eigenvalue weighted by atomic mass is 35.5. The molecular formula is C29H34ClN3O5S. The fraction of sp³-hybridized carbons (Fsp3) is 0.310. The van der Waals surface area contributed by atoms with Gasteiger partial charge >= 0.3 is 0 Å². The number of likely N-dealkylation sites (N-methyl/N-ethyl adjacent to an activating group) is 1. The van der Waals surface area contributed by atoms with E-state index in [1.165, 1.54) is 37.3 Å². The van der Waals surface area contributed by atoms with Crippen molar-refractivity contribution in [2.45, 2.75) is 37.6 Å². The van der Waals surface area contributed by atoms with Gasteiger partial charge in [-0.1, -0.05) is 66.6 Å². The lowest BCUT2D eigenvalue weighted by Crippen LogP contribution is -2.52. The highest BCUT2D eigenvalue weighted by Crippen LogP contribution is 2.35. The standard InChI is InChI=1S/C29H34ClN3O5S/c1-5-25(29(35)31-3)32(18-17-22-9-7-6-8-10-22)28(34)20-33(26-19-23(30)13-16-27(26)38-4)39(36,37)24-14-11-21(2)12-15-24/h6-16,19,25H,5,17-18,20H2,1-4H3,(H,31,35)/t25-/m1/s1. The molecule has 3 aromatic carbocycles. The van der Waals surface area contributed by atoms with Gasteiger partial charge in [0.15, 0.2) is 0 Å². The molecule has 0 aliphatic rings. The molecule has 0 saturated carbocycles. The first-order valence-electron chi connectivity index (χ1n) is 12.6. The molecule has 3 rings (SSSR count). The number of amides is 2. The summed E-state index contributed by atoms with van der Waals surface area (Å²) in [6.45, 7) is 3.32. The van der Waals surface area contributed by atoms with Crippen LogP contribution < -0.4 is 14.4 Å². The van der Waals surface area contributed by atoms with Crippen molar-refractivity contribution in [3.63, 3.8) is 0 Å². The number of halogens is 1. The van der Waals surface area contributed by atoms with Gasteiger partial charge in [-0.25, -0.2) is 8.42 Å². The fourth-order valence-corrected chi connectivity index (χ4v) is 5.85. The van der Waals surface area contributed by atoms with Gasteiger partial charge in [0.05, 0.1) is 17.7 Å². The molecule has 0 aliphatic carbocycles. The van der Waals surface area contributed by atoms with E-state index in [1.807, 2.05) is 44.2 Å². The first-order chi connectivity index (χ1) is 18.6. The average molecular weight is 572 g/mol. The Kier molecular flexibility index (Phi) is 10.4. The minimum Gasteiger partial charge on any atom is -0.495 e. The molecule has 0 spiro atoms. The molecule has 1 atom stereocenters. The van der Waals surface area contributed by atoms with Gasteiger partial charge in [-0.2, -0.15) is 0 Å². The maximum atomic E-state index is 14.0. The molecule has 8 nitrogen and oxygen atoms in total. The number of carbonyl (C=O) groups excluding carboxylic acids is 2. The predicted octanol–water partition coefficient (Wildman–Crippen LogP) is 4.45. The van der Waals surface area contributed by atoms with E-state index in [0.717, 1.165) is 15.4 Å². The maximum absolute atomic E-state index is 14.0. The number of anilines is 1. The molecular weight excluding hydrogens is 538 g/mol. The number of hydrogen-bond acceptors (Lipinski definition) is 5. The van der Waals surface area contributed by atoms with Crippen molar-refractivity contribution in [2.24, 2.45) is 0 Å². The topological polar surface area (TPSA) is 96.0 Å². The van der Waals surface area contributed by atoms with Crippen molar-refractivity contribution in [1.29, 1.82) is 0 Å². The van der Waals surface area contributed by atoms with Crippen molar-refractivity contribution in [3.8, 4) is 5.75 Å². The summed E-state index contributed by atoms with van der Waals surface area (Å²) >= 11 is 6.26. The van der Waals surface area contributed by atoms with Crippen LogP contribution in [0.3, 0.4) is 0 Å². The minimum absolute atomic E-state index is 0.0112. The van der Waals surface area contributed by atoms with E-state index in [9.17, 15) is 18.0 Å². The van der Waals surface area contributed by atoms with Gasteiger partial charge in [0, 0.05) is 18.6 Å². The third-order valence-corrected chi connectivity index (χ3v) is 8.42.